The summed E-state index contributed by atoms with van der Waals surface area (Å²) in [6.45, 7) is 0. The number of carbonyl (C=O) groups is 2. The number of nitrogens with zero attached hydrogens (tertiary/aromatic N) is 1. The maximum absolute atomic E-state index is 13.1. The molecule has 0 heterocycles. The second-order valence-electron chi connectivity index (χ2n) is 2.86. The first kappa shape index (κ1) is 11.6. The predicted octanol–water partition coefficient (Wildman–Crippen LogP) is 1.61. The Morgan fingerprint density at radius 2 is 2.12 bits per heavy atom. The van der Waals surface area contributed by atoms with Crippen LogP contribution in [0.3, 0.4) is 0 Å². The molecule has 0 saturated heterocycles. The molecular formula is C11H6FNO3. The number of benzene rings is 1. The first-order valence-electron chi connectivity index (χ1n) is 4.18. The highest BCUT2D eigenvalue weighted by molar-refractivity contribution is 5.87. The smallest absolute Gasteiger partial charge is 0.328 e. The largest absolute Gasteiger partial charge is 0.478 e. The van der Waals surface area contributed by atoms with Crippen molar-refractivity contribution in [1.29, 1.82) is 5.26 Å². The summed E-state index contributed by atoms with van der Waals surface area (Å²) in [5.41, 5.74) is -0.0574. The van der Waals surface area contributed by atoms with E-state index in [1.54, 1.807) is 6.07 Å². The van der Waals surface area contributed by atoms with E-state index in [1.807, 2.05) is 0 Å². The molecule has 1 rings (SSSR count). The highest BCUT2D eigenvalue weighted by Gasteiger charge is 2.07. The molecule has 0 bridgehead atoms. The van der Waals surface area contributed by atoms with Gasteiger partial charge in [0.15, 0.2) is 6.29 Å². The maximum Gasteiger partial charge on any atom is 0.328 e. The summed E-state index contributed by atoms with van der Waals surface area (Å²) in [5.74, 6) is -2.00. The summed E-state index contributed by atoms with van der Waals surface area (Å²) in [6, 6.07) is 3.73. The van der Waals surface area contributed by atoms with Crippen LogP contribution in [0.15, 0.2) is 18.2 Å². The fraction of sp³-hybridized carbons (Fsp3) is 0. The lowest BCUT2D eigenvalue weighted by Gasteiger charge is -2.00. The first-order chi connectivity index (χ1) is 7.58. The van der Waals surface area contributed by atoms with Gasteiger partial charge in [-0.25, -0.2) is 9.18 Å². The zero-order chi connectivity index (χ0) is 12.1. The van der Waals surface area contributed by atoms with Gasteiger partial charge in [0.25, 0.3) is 0 Å². The van der Waals surface area contributed by atoms with Gasteiger partial charge in [0.2, 0.25) is 0 Å². The zero-order valence-electron chi connectivity index (χ0n) is 7.98. The molecule has 0 saturated carbocycles. The van der Waals surface area contributed by atoms with E-state index in [0.717, 1.165) is 24.3 Å². The third-order valence-corrected chi connectivity index (χ3v) is 1.82. The molecule has 80 valence electrons. The Kier molecular flexibility index (Phi) is 3.51. The second-order valence-corrected chi connectivity index (χ2v) is 2.86. The number of nitriles is 1. The number of aliphatic carboxylic acids is 1. The summed E-state index contributed by atoms with van der Waals surface area (Å²) in [7, 11) is 0. The topological polar surface area (TPSA) is 78.2 Å². The minimum Gasteiger partial charge on any atom is -0.478 e. The molecule has 1 aromatic rings. The summed E-state index contributed by atoms with van der Waals surface area (Å²) >= 11 is 0. The molecule has 0 aliphatic rings. The van der Waals surface area contributed by atoms with Crippen LogP contribution in [-0.2, 0) is 4.79 Å². The van der Waals surface area contributed by atoms with Crippen molar-refractivity contribution in [3.8, 4) is 6.07 Å². The van der Waals surface area contributed by atoms with Crippen LogP contribution in [0.1, 0.15) is 21.5 Å². The molecule has 0 atom stereocenters. The Bertz CT molecular complexity index is 515. The first-order valence-corrected chi connectivity index (χ1v) is 4.18. The van der Waals surface area contributed by atoms with Gasteiger partial charge in [-0.15, -0.1) is 0 Å². The van der Waals surface area contributed by atoms with Gasteiger partial charge >= 0.3 is 5.97 Å². The Hall–Kier alpha value is -2.48. The lowest BCUT2D eigenvalue weighted by molar-refractivity contribution is -0.131. The summed E-state index contributed by atoms with van der Waals surface area (Å²) in [4.78, 5) is 20.7. The number of carbonyl (C=O) groups excluding carboxylic acids is 1. The number of carboxylic acid groups (broad SMARTS) is 1. The van der Waals surface area contributed by atoms with Crippen molar-refractivity contribution in [2.24, 2.45) is 0 Å². The van der Waals surface area contributed by atoms with E-state index in [0.29, 0.717) is 6.29 Å². The van der Waals surface area contributed by atoms with E-state index in [1.165, 1.54) is 0 Å². The summed E-state index contributed by atoms with van der Waals surface area (Å²) < 4.78 is 13.1. The van der Waals surface area contributed by atoms with Gasteiger partial charge < -0.3 is 5.11 Å². The monoisotopic (exact) mass is 219 g/mol. The van der Waals surface area contributed by atoms with Crippen molar-refractivity contribution in [3.05, 3.63) is 40.7 Å². The molecule has 0 aliphatic heterocycles. The summed E-state index contributed by atoms with van der Waals surface area (Å²) in [6.07, 6.45) is 2.24. The van der Waals surface area contributed by atoms with Crippen molar-refractivity contribution < 1.29 is 19.1 Å². The van der Waals surface area contributed by atoms with E-state index in [2.05, 4.69) is 0 Å². The molecule has 0 fully saturated rings. The molecule has 0 unspecified atom stereocenters. The predicted molar refractivity (Wildman–Crippen MR) is 53.2 cm³/mol. The molecule has 0 aromatic heterocycles. The van der Waals surface area contributed by atoms with E-state index in [4.69, 9.17) is 10.4 Å². The third kappa shape index (κ3) is 2.51. The molecule has 5 heteroatoms. The van der Waals surface area contributed by atoms with Gasteiger partial charge in [-0.2, -0.15) is 5.26 Å². The Balaban J connectivity index is 3.31. The number of rotatable bonds is 3. The molecule has 0 radical (unpaired) electrons. The van der Waals surface area contributed by atoms with Crippen molar-refractivity contribution in [2.75, 3.05) is 0 Å². The van der Waals surface area contributed by atoms with Crippen LogP contribution in [0.5, 0.6) is 0 Å². The van der Waals surface area contributed by atoms with Crippen LogP contribution < -0.4 is 0 Å². The lowest BCUT2D eigenvalue weighted by Crippen LogP contribution is -1.94. The molecule has 4 nitrogen and oxygen atoms in total. The highest BCUT2D eigenvalue weighted by Crippen LogP contribution is 2.15. The standard InChI is InChI=1S/C11H6FNO3/c12-10-4-8(5-13)7(1-2-11(15)16)3-9(10)6-14/h1-4,6H,(H,15,16)/b2-1+. The van der Waals surface area contributed by atoms with Gasteiger partial charge in [-0.1, -0.05) is 0 Å². The molecule has 1 N–H and O–H groups in total. The van der Waals surface area contributed by atoms with E-state index in [9.17, 15) is 14.0 Å². The zero-order valence-corrected chi connectivity index (χ0v) is 7.98. The average Bonchev–Trinajstić information content (AvgIpc) is 2.26. The third-order valence-electron chi connectivity index (χ3n) is 1.82. The second kappa shape index (κ2) is 4.84. The van der Waals surface area contributed by atoms with Crippen LogP contribution in [0.2, 0.25) is 0 Å². The minimum absolute atomic E-state index is 0.0272. The molecular weight excluding hydrogens is 213 g/mol. The van der Waals surface area contributed by atoms with Crippen molar-refractivity contribution in [1.82, 2.24) is 0 Å². The quantitative estimate of drug-likeness (QED) is 0.618. The Morgan fingerprint density at radius 1 is 1.44 bits per heavy atom. The van der Waals surface area contributed by atoms with Gasteiger partial charge in [0.1, 0.15) is 5.82 Å². The number of carboxylic acids is 1. The van der Waals surface area contributed by atoms with Gasteiger partial charge in [0, 0.05) is 6.08 Å². The van der Waals surface area contributed by atoms with Crippen LogP contribution >= 0.6 is 0 Å². The number of hydrogen-bond donors (Lipinski definition) is 1. The van der Waals surface area contributed by atoms with Crippen molar-refractivity contribution in [3.63, 3.8) is 0 Å². The molecule has 16 heavy (non-hydrogen) atoms. The van der Waals surface area contributed by atoms with Gasteiger partial charge in [-0.3, -0.25) is 4.79 Å². The van der Waals surface area contributed by atoms with Crippen molar-refractivity contribution >= 4 is 18.3 Å². The van der Waals surface area contributed by atoms with Crippen molar-refractivity contribution in [2.45, 2.75) is 0 Å². The molecule has 0 spiro atoms. The van der Waals surface area contributed by atoms with E-state index >= 15 is 0 Å². The number of halogens is 1. The van der Waals surface area contributed by atoms with Gasteiger partial charge in [0.05, 0.1) is 17.2 Å². The fourth-order valence-electron chi connectivity index (χ4n) is 1.09. The minimum atomic E-state index is -1.19. The Morgan fingerprint density at radius 3 is 2.62 bits per heavy atom. The molecule has 1 aromatic carbocycles. The fourth-order valence-corrected chi connectivity index (χ4v) is 1.09. The highest BCUT2D eigenvalue weighted by atomic mass is 19.1. The van der Waals surface area contributed by atoms with Crippen LogP contribution in [0.4, 0.5) is 4.39 Å². The average molecular weight is 219 g/mol. The summed E-state index contributed by atoms with van der Waals surface area (Å²) in [5, 5.41) is 17.1. The lowest BCUT2D eigenvalue weighted by atomic mass is 10.0. The van der Waals surface area contributed by atoms with Crippen LogP contribution in [-0.4, -0.2) is 17.4 Å². The maximum atomic E-state index is 13.1. The molecule has 0 aliphatic carbocycles. The van der Waals surface area contributed by atoms with Crippen LogP contribution in [0, 0.1) is 17.1 Å². The molecule has 0 amide bonds. The normalized spacial score (nSPS) is 10.0. The number of hydrogen-bond acceptors (Lipinski definition) is 3. The Labute approximate surface area is 90.2 Å². The van der Waals surface area contributed by atoms with Crippen LogP contribution in [0.25, 0.3) is 6.08 Å². The van der Waals surface area contributed by atoms with E-state index in [-0.39, 0.29) is 16.7 Å². The number of aldehydes is 1. The van der Waals surface area contributed by atoms with E-state index < -0.39 is 11.8 Å². The SMILES string of the molecule is N#Cc1cc(F)c(C=O)cc1/C=C/C(=O)O. The van der Waals surface area contributed by atoms with Gasteiger partial charge in [-0.05, 0) is 23.8 Å².